The van der Waals surface area contributed by atoms with Crippen molar-refractivity contribution in [2.24, 2.45) is 0 Å². The normalized spacial score (nSPS) is 13.3. The van der Waals surface area contributed by atoms with Crippen molar-refractivity contribution in [2.75, 3.05) is 19.6 Å². The number of carbonyl (C=O) groups is 2. The number of halogens is 1. The quantitative estimate of drug-likeness (QED) is 0.581. The van der Waals surface area contributed by atoms with Crippen molar-refractivity contribution in [1.82, 2.24) is 25.0 Å². The fraction of sp³-hybridized carbons (Fsp3) is 0.360. The summed E-state index contributed by atoms with van der Waals surface area (Å²) in [4.78, 5) is 27.0. The highest BCUT2D eigenvalue weighted by atomic mass is 35.5. The fourth-order valence-corrected chi connectivity index (χ4v) is 4.24. The van der Waals surface area contributed by atoms with Gasteiger partial charge in [0, 0.05) is 56.0 Å². The molecule has 1 aliphatic rings. The standard InChI is InChI=1S/C25H28ClN5O2/c1-18-6-8-20(9-7-18)25(33)27-14-12-22-28-29-23-13-15-30(16-17-31(22)23)24(32)11-10-19-4-2-3-5-21(19)26/h2-9H,10-17H2,1H3,(H,27,33). The molecule has 172 valence electrons. The predicted octanol–water partition coefficient (Wildman–Crippen LogP) is 3.23. The lowest BCUT2D eigenvalue weighted by Gasteiger charge is -2.20. The van der Waals surface area contributed by atoms with Crippen LogP contribution >= 0.6 is 11.6 Å². The van der Waals surface area contributed by atoms with Gasteiger partial charge in [-0.25, -0.2) is 0 Å². The Bertz CT molecular complexity index is 1130. The van der Waals surface area contributed by atoms with Crippen LogP contribution in [0.25, 0.3) is 0 Å². The maximum atomic E-state index is 12.8. The zero-order chi connectivity index (χ0) is 23.2. The van der Waals surface area contributed by atoms with Gasteiger partial charge in [0.15, 0.2) is 0 Å². The zero-order valence-electron chi connectivity index (χ0n) is 18.8. The second-order valence-electron chi connectivity index (χ2n) is 8.28. The highest BCUT2D eigenvalue weighted by molar-refractivity contribution is 6.31. The molecule has 0 aliphatic carbocycles. The molecule has 0 radical (unpaired) electrons. The van der Waals surface area contributed by atoms with Gasteiger partial charge in [0.25, 0.3) is 5.91 Å². The number of nitrogens with zero attached hydrogens (tertiary/aromatic N) is 4. The Labute approximate surface area is 198 Å². The Morgan fingerprint density at radius 1 is 1.00 bits per heavy atom. The molecule has 8 heteroatoms. The Hall–Kier alpha value is -3.19. The van der Waals surface area contributed by atoms with Gasteiger partial charge in [0.05, 0.1) is 0 Å². The van der Waals surface area contributed by atoms with Crippen LogP contribution in [-0.4, -0.2) is 51.1 Å². The van der Waals surface area contributed by atoms with Crippen LogP contribution in [0.5, 0.6) is 0 Å². The number of nitrogens with one attached hydrogen (secondary N) is 1. The van der Waals surface area contributed by atoms with Gasteiger partial charge in [-0.1, -0.05) is 47.5 Å². The van der Waals surface area contributed by atoms with E-state index in [4.69, 9.17) is 11.6 Å². The first-order valence-electron chi connectivity index (χ1n) is 11.3. The third-order valence-electron chi connectivity index (χ3n) is 5.97. The number of aromatic nitrogens is 3. The van der Waals surface area contributed by atoms with Gasteiger partial charge in [0.2, 0.25) is 5.91 Å². The average Bonchev–Trinajstić information content (AvgIpc) is 3.07. The Balaban J connectivity index is 1.28. The lowest BCUT2D eigenvalue weighted by atomic mass is 10.1. The van der Waals surface area contributed by atoms with E-state index in [-0.39, 0.29) is 11.8 Å². The number of carbonyl (C=O) groups excluding carboxylic acids is 2. The molecule has 1 N–H and O–H groups in total. The van der Waals surface area contributed by atoms with Crippen molar-refractivity contribution in [3.63, 3.8) is 0 Å². The van der Waals surface area contributed by atoms with Crippen LogP contribution in [0.2, 0.25) is 5.02 Å². The second kappa shape index (κ2) is 10.6. The summed E-state index contributed by atoms with van der Waals surface area (Å²) >= 11 is 6.22. The summed E-state index contributed by atoms with van der Waals surface area (Å²) in [5, 5.41) is 12.3. The molecule has 2 heterocycles. The molecule has 0 bridgehead atoms. The van der Waals surface area contributed by atoms with Gasteiger partial charge < -0.3 is 14.8 Å². The number of rotatable bonds is 7. The molecule has 0 spiro atoms. The van der Waals surface area contributed by atoms with E-state index in [0.29, 0.717) is 62.4 Å². The molecule has 3 aromatic rings. The fourth-order valence-electron chi connectivity index (χ4n) is 4.01. The minimum Gasteiger partial charge on any atom is -0.352 e. The number of amides is 2. The van der Waals surface area contributed by atoms with E-state index in [9.17, 15) is 9.59 Å². The molecule has 33 heavy (non-hydrogen) atoms. The van der Waals surface area contributed by atoms with E-state index in [1.54, 1.807) is 0 Å². The monoisotopic (exact) mass is 465 g/mol. The van der Waals surface area contributed by atoms with E-state index >= 15 is 0 Å². The number of aryl methyl sites for hydroxylation is 2. The van der Waals surface area contributed by atoms with Crippen molar-refractivity contribution in [3.8, 4) is 0 Å². The van der Waals surface area contributed by atoms with Gasteiger partial charge in [-0.3, -0.25) is 9.59 Å². The van der Waals surface area contributed by atoms with Crippen LogP contribution in [-0.2, 0) is 30.6 Å². The Morgan fingerprint density at radius 2 is 1.79 bits per heavy atom. The molecule has 2 amide bonds. The zero-order valence-corrected chi connectivity index (χ0v) is 19.5. The van der Waals surface area contributed by atoms with Crippen molar-refractivity contribution >= 4 is 23.4 Å². The molecule has 0 saturated carbocycles. The molecule has 0 atom stereocenters. The SMILES string of the molecule is Cc1ccc(C(=O)NCCc2nnc3n2CCN(C(=O)CCc2ccccc2Cl)CC3)cc1. The topological polar surface area (TPSA) is 80.1 Å². The third-order valence-corrected chi connectivity index (χ3v) is 6.34. The maximum Gasteiger partial charge on any atom is 0.251 e. The summed E-state index contributed by atoms with van der Waals surface area (Å²) in [6.07, 6.45) is 2.32. The van der Waals surface area contributed by atoms with Gasteiger partial charge in [-0.15, -0.1) is 10.2 Å². The molecular formula is C25H28ClN5O2. The van der Waals surface area contributed by atoms with Crippen LogP contribution in [0.3, 0.4) is 0 Å². The predicted molar refractivity (Wildman–Crippen MR) is 127 cm³/mol. The molecule has 0 saturated heterocycles. The first kappa shape index (κ1) is 23.0. The average molecular weight is 466 g/mol. The summed E-state index contributed by atoms with van der Waals surface area (Å²) in [6, 6.07) is 15.1. The molecule has 2 aromatic carbocycles. The maximum absolute atomic E-state index is 12.8. The highest BCUT2D eigenvalue weighted by Crippen LogP contribution is 2.18. The smallest absolute Gasteiger partial charge is 0.251 e. The number of fused-ring (bicyclic) bond motifs is 1. The van der Waals surface area contributed by atoms with Crippen molar-refractivity contribution < 1.29 is 9.59 Å². The van der Waals surface area contributed by atoms with Crippen molar-refractivity contribution in [1.29, 1.82) is 0 Å². The molecular weight excluding hydrogens is 438 g/mol. The summed E-state index contributed by atoms with van der Waals surface area (Å²) in [5.41, 5.74) is 2.76. The summed E-state index contributed by atoms with van der Waals surface area (Å²) < 4.78 is 2.08. The van der Waals surface area contributed by atoms with Crippen LogP contribution in [0.4, 0.5) is 0 Å². The first-order chi connectivity index (χ1) is 16.0. The largest absolute Gasteiger partial charge is 0.352 e. The number of hydrogen-bond acceptors (Lipinski definition) is 4. The summed E-state index contributed by atoms with van der Waals surface area (Å²) in [5.74, 6) is 1.75. The Kier molecular flexibility index (Phi) is 7.40. The van der Waals surface area contributed by atoms with Gasteiger partial charge in [0.1, 0.15) is 11.6 Å². The van der Waals surface area contributed by atoms with E-state index in [0.717, 1.165) is 22.8 Å². The molecule has 0 unspecified atom stereocenters. The van der Waals surface area contributed by atoms with E-state index < -0.39 is 0 Å². The summed E-state index contributed by atoms with van der Waals surface area (Å²) in [6.45, 7) is 4.37. The molecule has 4 rings (SSSR count). The van der Waals surface area contributed by atoms with Crippen LogP contribution < -0.4 is 5.32 Å². The lowest BCUT2D eigenvalue weighted by Crippen LogP contribution is -2.34. The van der Waals surface area contributed by atoms with Crippen LogP contribution in [0.15, 0.2) is 48.5 Å². The summed E-state index contributed by atoms with van der Waals surface area (Å²) in [7, 11) is 0. The second-order valence-corrected chi connectivity index (χ2v) is 8.69. The minimum atomic E-state index is -0.0964. The third kappa shape index (κ3) is 5.79. The lowest BCUT2D eigenvalue weighted by molar-refractivity contribution is -0.131. The number of hydrogen-bond donors (Lipinski definition) is 1. The van der Waals surface area contributed by atoms with Crippen LogP contribution in [0.1, 0.15) is 39.6 Å². The van der Waals surface area contributed by atoms with E-state index in [2.05, 4.69) is 20.1 Å². The number of benzene rings is 2. The first-order valence-corrected chi connectivity index (χ1v) is 11.7. The highest BCUT2D eigenvalue weighted by Gasteiger charge is 2.21. The molecule has 7 nitrogen and oxygen atoms in total. The Morgan fingerprint density at radius 3 is 2.58 bits per heavy atom. The molecule has 1 aromatic heterocycles. The molecule has 1 aliphatic heterocycles. The minimum absolute atomic E-state index is 0.0964. The van der Waals surface area contributed by atoms with E-state index in [1.807, 2.05) is 60.4 Å². The van der Waals surface area contributed by atoms with Gasteiger partial charge >= 0.3 is 0 Å². The van der Waals surface area contributed by atoms with Crippen molar-refractivity contribution in [3.05, 3.63) is 81.9 Å². The van der Waals surface area contributed by atoms with Gasteiger partial charge in [-0.2, -0.15) is 0 Å². The van der Waals surface area contributed by atoms with E-state index in [1.165, 1.54) is 0 Å². The van der Waals surface area contributed by atoms with Crippen LogP contribution in [0, 0.1) is 6.92 Å². The van der Waals surface area contributed by atoms with Crippen molar-refractivity contribution in [2.45, 2.75) is 39.2 Å². The van der Waals surface area contributed by atoms with Gasteiger partial charge in [-0.05, 0) is 37.1 Å². The molecule has 0 fully saturated rings.